The second-order valence-electron chi connectivity index (χ2n) is 14.2. The molecule has 0 spiro atoms. The zero-order valence-electron chi connectivity index (χ0n) is 31.1. The minimum atomic E-state index is -4.60. The zero-order chi connectivity index (χ0) is 36.2. The molecule has 0 aliphatic heterocycles. The van der Waals surface area contributed by atoms with Crippen molar-refractivity contribution < 1.29 is 50.8 Å². The van der Waals surface area contributed by atoms with E-state index in [0.29, 0.717) is 43.1 Å². The number of unbranched alkanes of at least 4 members (excludes halogenated alkanes) is 16. The number of likely N-dealkylation sites (N-methyl/N-ethyl adjacent to an activating group) is 1. The summed E-state index contributed by atoms with van der Waals surface area (Å²) in [4.78, 5) is 37.2. The summed E-state index contributed by atoms with van der Waals surface area (Å²) in [7, 11) is 1.10. The molecule has 48 heavy (non-hydrogen) atoms. The molecule has 0 N–H and O–H groups in total. The van der Waals surface area contributed by atoms with E-state index in [9.17, 15) is 27.8 Å². The Labute approximate surface area is 291 Å². The van der Waals surface area contributed by atoms with Crippen LogP contribution in [0, 0.1) is 0 Å². The number of carbonyl (C=O) groups is 2. The normalized spacial score (nSPS) is 14.1. The molecule has 0 aromatic carbocycles. The first kappa shape index (κ1) is 46.9. The van der Waals surface area contributed by atoms with Gasteiger partial charge in [0.15, 0.2) is 0 Å². The van der Waals surface area contributed by atoms with E-state index < -0.39 is 38.6 Å². The van der Waals surface area contributed by atoms with Crippen molar-refractivity contribution in [1.82, 2.24) is 0 Å². The summed E-state index contributed by atoms with van der Waals surface area (Å²) >= 11 is 0. The van der Waals surface area contributed by atoms with E-state index >= 15 is 0 Å². The standard InChI is InChI=1S/C36H70F2NO8P/c1-6-8-10-12-13-14-15-16-17-18-21-25-33(40)46-35(27-31-44-48(42,43)45-32-30-39(3,4)5)47-34(41)26-22-20-24-29-36(37,38)28-23-19-11-9-7-2/h35H,6-32H2,1-5H3/t35-/m1/s1. The highest BCUT2D eigenvalue weighted by atomic mass is 31.2. The van der Waals surface area contributed by atoms with E-state index in [1.807, 2.05) is 21.1 Å². The highest BCUT2D eigenvalue weighted by Crippen LogP contribution is 2.38. The van der Waals surface area contributed by atoms with Crippen molar-refractivity contribution in [3.8, 4) is 0 Å². The van der Waals surface area contributed by atoms with Crippen LogP contribution in [0.5, 0.6) is 0 Å². The summed E-state index contributed by atoms with van der Waals surface area (Å²) in [6, 6.07) is 0. The molecule has 0 fully saturated rings. The highest BCUT2D eigenvalue weighted by molar-refractivity contribution is 7.45. The number of hydrogen-bond donors (Lipinski definition) is 0. The summed E-state index contributed by atoms with van der Waals surface area (Å²) in [6.45, 7) is 4.29. The van der Waals surface area contributed by atoms with Crippen molar-refractivity contribution in [2.24, 2.45) is 0 Å². The number of quaternary nitrogens is 1. The number of esters is 2. The maximum Gasteiger partial charge on any atom is 0.308 e. The number of hydrogen-bond acceptors (Lipinski definition) is 8. The van der Waals surface area contributed by atoms with Crippen LogP contribution >= 0.6 is 7.82 Å². The minimum absolute atomic E-state index is 0.0235. The Balaban J connectivity index is 4.62. The van der Waals surface area contributed by atoms with E-state index in [1.165, 1.54) is 44.9 Å². The molecule has 0 aliphatic carbocycles. The van der Waals surface area contributed by atoms with E-state index in [0.717, 1.165) is 44.9 Å². The molecular weight excluding hydrogens is 643 g/mol. The van der Waals surface area contributed by atoms with Crippen molar-refractivity contribution in [3.63, 3.8) is 0 Å². The molecule has 0 aliphatic rings. The summed E-state index contributed by atoms with van der Waals surface area (Å²) in [5, 5.41) is 0. The van der Waals surface area contributed by atoms with Crippen LogP contribution in [-0.2, 0) is 32.7 Å². The molecule has 0 amide bonds. The van der Waals surface area contributed by atoms with Crippen LogP contribution in [0.3, 0.4) is 0 Å². The number of phosphoric ester groups is 1. The molecule has 0 saturated heterocycles. The first-order valence-corrected chi connectivity index (χ1v) is 20.3. The summed E-state index contributed by atoms with van der Waals surface area (Å²) in [6.07, 6.45) is 16.4. The Bertz CT molecular complexity index is 856. The van der Waals surface area contributed by atoms with Gasteiger partial charge in [0.2, 0.25) is 12.2 Å². The van der Waals surface area contributed by atoms with Crippen molar-refractivity contribution in [2.45, 2.75) is 180 Å². The molecule has 9 nitrogen and oxygen atoms in total. The molecule has 0 radical (unpaired) electrons. The number of rotatable bonds is 34. The molecule has 0 rings (SSSR count). The quantitative estimate of drug-likeness (QED) is 0.0213. The van der Waals surface area contributed by atoms with Crippen molar-refractivity contribution in [2.75, 3.05) is 40.9 Å². The fraction of sp³-hybridized carbons (Fsp3) is 0.944. The summed E-state index contributed by atoms with van der Waals surface area (Å²) < 4.78 is 61.5. The lowest BCUT2D eigenvalue weighted by Crippen LogP contribution is -2.37. The Morgan fingerprint density at radius 2 is 1.02 bits per heavy atom. The zero-order valence-corrected chi connectivity index (χ0v) is 32.0. The maximum absolute atomic E-state index is 14.2. The van der Waals surface area contributed by atoms with Gasteiger partial charge in [0.25, 0.3) is 7.82 Å². The van der Waals surface area contributed by atoms with E-state index in [4.69, 9.17) is 18.5 Å². The third kappa shape index (κ3) is 32.1. The Morgan fingerprint density at radius 3 is 1.46 bits per heavy atom. The van der Waals surface area contributed by atoms with Crippen LogP contribution < -0.4 is 4.89 Å². The Morgan fingerprint density at radius 1 is 0.646 bits per heavy atom. The predicted octanol–water partition coefficient (Wildman–Crippen LogP) is 9.64. The highest BCUT2D eigenvalue weighted by Gasteiger charge is 2.27. The molecule has 0 heterocycles. The van der Waals surface area contributed by atoms with Gasteiger partial charge in [-0.2, -0.15) is 0 Å². The average molecular weight is 714 g/mol. The fourth-order valence-electron chi connectivity index (χ4n) is 5.15. The molecule has 1 unspecified atom stereocenters. The molecular formula is C36H70F2NO8P. The van der Waals surface area contributed by atoms with Gasteiger partial charge in [-0.05, 0) is 25.7 Å². The van der Waals surface area contributed by atoms with Gasteiger partial charge >= 0.3 is 11.9 Å². The fourth-order valence-corrected chi connectivity index (χ4v) is 5.86. The van der Waals surface area contributed by atoms with Gasteiger partial charge < -0.3 is 27.9 Å². The molecule has 12 heteroatoms. The van der Waals surface area contributed by atoms with E-state index in [-0.39, 0.29) is 38.7 Å². The summed E-state index contributed by atoms with van der Waals surface area (Å²) in [5.41, 5.74) is 0. The van der Waals surface area contributed by atoms with Crippen molar-refractivity contribution >= 4 is 19.8 Å². The van der Waals surface area contributed by atoms with Crippen LogP contribution in [0.4, 0.5) is 8.78 Å². The molecule has 0 saturated carbocycles. The van der Waals surface area contributed by atoms with Gasteiger partial charge in [0.05, 0.1) is 27.7 Å². The molecule has 0 aromatic heterocycles. The number of ether oxygens (including phenoxy) is 2. The van der Waals surface area contributed by atoms with Crippen LogP contribution in [0.1, 0.15) is 168 Å². The summed E-state index contributed by atoms with van der Waals surface area (Å²) in [5.74, 6) is -3.88. The van der Waals surface area contributed by atoms with Crippen LogP contribution in [-0.4, -0.2) is 69.5 Å². The first-order chi connectivity index (χ1) is 22.7. The van der Waals surface area contributed by atoms with E-state index in [2.05, 4.69) is 13.8 Å². The lowest BCUT2D eigenvalue weighted by molar-refractivity contribution is -0.870. The topological polar surface area (TPSA) is 111 Å². The monoisotopic (exact) mass is 713 g/mol. The second-order valence-corrected chi connectivity index (χ2v) is 15.6. The molecule has 2 atom stereocenters. The molecule has 0 aromatic rings. The number of phosphoric acid groups is 1. The van der Waals surface area contributed by atoms with Crippen LogP contribution in [0.2, 0.25) is 0 Å². The number of halogens is 2. The minimum Gasteiger partial charge on any atom is -0.756 e. The van der Waals surface area contributed by atoms with Gasteiger partial charge in [-0.25, -0.2) is 8.78 Å². The lowest BCUT2D eigenvalue weighted by Gasteiger charge is -2.27. The van der Waals surface area contributed by atoms with Crippen molar-refractivity contribution in [3.05, 3.63) is 0 Å². The number of nitrogens with zero attached hydrogens (tertiary/aromatic N) is 1. The van der Waals surface area contributed by atoms with Gasteiger partial charge in [-0.15, -0.1) is 0 Å². The lowest BCUT2D eigenvalue weighted by atomic mass is 10.0. The third-order valence-electron chi connectivity index (χ3n) is 8.19. The Hall–Kier alpha value is -1.13. The van der Waals surface area contributed by atoms with Gasteiger partial charge in [0.1, 0.15) is 13.2 Å². The number of alkyl halides is 2. The van der Waals surface area contributed by atoms with Gasteiger partial charge in [0, 0.05) is 32.1 Å². The second kappa shape index (κ2) is 28.6. The predicted molar refractivity (Wildman–Crippen MR) is 185 cm³/mol. The molecule has 286 valence electrons. The van der Waals surface area contributed by atoms with Crippen LogP contribution in [0.25, 0.3) is 0 Å². The largest absolute Gasteiger partial charge is 0.756 e. The number of carbonyl (C=O) groups excluding carboxylic acids is 2. The maximum atomic E-state index is 14.2. The SMILES string of the molecule is CCCCCCCCCCCCCC(=O)O[C@@H](CCOP(=O)([O-])OCC[N+](C)(C)C)OC(=O)CCCCCC(F)(F)CCCCCCC. The smallest absolute Gasteiger partial charge is 0.308 e. The first-order valence-electron chi connectivity index (χ1n) is 18.9. The van der Waals surface area contributed by atoms with Gasteiger partial charge in [-0.3, -0.25) is 14.2 Å². The third-order valence-corrected chi connectivity index (χ3v) is 9.19. The Kier molecular flexibility index (Phi) is 27.9. The van der Waals surface area contributed by atoms with Gasteiger partial charge in [-0.1, -0.05) is 110 Å². The van der Waals surface area contributed by atoms with Crippen molar-refractivity contribution in [1.29, 1.82) is 0 Å². The van der Waals surface area contributed by atoms with E-state index in [1.54, 1.807) is 0 Å². The average Bonchev–Trinajstić information content (AvgIpc) is 2.98. The molecule has 0 bridgehead atoms. The van der Waals surface area contributed by atoms with Crippen LogP contribution in [0.15, 0.2) is 0 Å².